The van der Waals surface area contributed by atoms with Gasteiger partial charge in [0.05, 0.1) is 17.3 Å². The molecule has 1 aliphatic heterocycles. The Balaban J connectivity index is 1.58. The Hall–Kier alpha value is -1.76. The van der Waals surface area contributed by atoms with Crippen LogP contribution in [0.2, 0.25) is 0 Å². The lowest BCUT2D eigenvalue weighted by molar-refractivity contribution is -0.134. The fraction of sp³-hybridized carbons (Fsp3) is 0.600. The number of aromatic nitrogens is 1. The summed E-state index contributed by atoms with van der Waals surface area (Å²) in [6, 6.07) is 6.06. The first-order valence-electron chi connectivity index (χ1n) is 11.4. The molecule has 1 aromatic carbocycles. The zero-order valence-electron chi connectivity index (χ0n) is 19.1. The van der Waals surface area contributed by atoms with Crippen molar-refractivity contribution < 1.29 is 9.90 Å². The molecule has 0 radical (unpaired) electrons. The van der Waals surface area contributed by atoms with Crippen molar-refractivity contribution in [2.75, 3.05) is 19.7 Å². The number of nitrogens with zero attached hydrogens (tertiary/aromatic N) is 2. The Morgan fingerprint density at radius 2 is 1.97 bits per heavy atom. The van der Waals surface area contributed by atoms with Crippen LogP contribution in [0.1, 0.15) is 75.4 Å². The Kier molecular flexibility index (Phi) is 6.01. The fourth-order valence-electron chi connectivity index (χ4n) is 5.05. The third-order valence-electron chi connectivity index (χ3n) is 7.27. The molecular weight excluding hydrogens is 406 g/mol. The molecule has 1 aliphatic carbocycles. The number of benzene rings is 1. The Morgan fingerprint density at radius 3 is 2.68 bits per heavy atom. The van der Waals surface area contributed by atoms with Crippen LogP contribution in [0, 0.1) is 0 Å². The summed E-state index contributed by atoms with van der Waals surface area (Å²) in [6.45, 7) is 10.4. The quantitative estimate of drug-likeness (QED) is 0.746. The topological polar surface area (TPSA) is 79.5 Å². The van der Waals surface area contributed by atoms with Crippen molar-refractivity contribution in [3.05, 3.63) is 39.7 Å². The zero-order chi connectivity index (χ0) is 22.4. The summed E-state index contributed by atoms with van der Waals surface area (Å²) in [5, 5.41) is 12.5. The lowest BCUT2D eigenvalue weighted by atomic mass is 9.63. The van der Waals surface area contributed by atoms with E-state index in [0.29, 0.717) is 13.1 Å². The van der Waals surface area contributed by atoms with Gasteiger partial charge in [-0.3, -0.25) is 4.79 Å². The van der Waals surface area contributed by atoms with Crippen LogP contribution >= 0.6 is 11.3 Å². The number of nitrogens with two attached hydrogens (primary N) is 1. The standard InChI is InChI=1S/C25H35N3O2S/c1-24(2)9-10-25(3,4)19-12-16(7-8-18(19)24)21-15-31-22(27-21)17-6-5-11-28(13-17)23(30)20(26)14-29/h7-8,12,15,17,20,29H,5-6,9-11,13-14,26H2,1-4H3. The lowest BCUT2D eigenvalue weighted by Gasteiger charge is -2.42. The number of thiazole rings is 1. The summed E-state index contributed by atoms with van der Waals surface area (Å²) in [5.41, 5.74) is 11.3. The smallest absolute Gasteiger partial charge is 0.241 e. The third kappa shape index (κ3) is 4.30. The minimum Gasteiger partial charge on any atom is -0.394 e. The molecule has 168 valence electrons. The predicted octanol–water partition coefficient (Wildman–Crippen LogP) is 4.18. The number of amides is 1. The van der Waals surface area contributed by atoms with Gasteiger partial charge in [-0.1, -0.05) is 39.8 Å². The van der Waals surface area contributed by atoms with E-state index < -0.39 is 6.04 Å². The van der Waals surface area contributed by atoms with Gasteiger partial charge in [-0.2, -0.15) is 0 Å². The van der Waals surface area contributed by atoms with E-state index in [0.717, 1.165) is 23.5 Å². The predicted molar refractivity (Wildman–Crippen MR) is 126 cm³/mol. The van der Waals surface area contributed by atoms with E-state index in [2.05, 4.69) is 51.3 Å². The molecule has 1 amide bonds. The van der Waals surface area contributed by atoms with E-state index in [-0.39, 0.29) is 29.3 Å². The Morgan fingerprint density at radius 1 is 1.26 bits per heavy atom. The molecule has 2 unspecified atom stereocenters. The molecule has 2 aromatic rings. The second kappa shape index (κ2) is 8.30. The van der Waals surface area contributed by atoms with Gasteiger partial charge in [0, 0.05) is 30.0 Å². The molecule has 4 rings (SSSR count). The van der Waals surface area contributed by atoms with Crippen LogP contribution < -0.4 is 5.73 Å². The molecule has 1 saturated heterocycles. The highest BCUT2D eigenvalue weighted by atomic mass is 32.1. The lowest BCUT2D eigenvalue weighted by Crippen LogP contribution is -2.49. The highest BCUT2D eigenvalue weighted by molar-refractivity contribution is 7.10. The molecule has 3 N–H and O–H groups in total. The SMILES string of the molecule is CC1(C)CCC(C)(C)c2cc(-c3csc(C4CCCN(C(=O)C(N)CO)C4)n3)ccc21. The summed E-state index contributed by atoms with van der Waals surface area (Å²) in [6.07, 6.45) is 4.37. The third-order valence-corrected chi connectivity index (χ3v) is 8.27. The second-order valence-electron chi connectivity index (χ2n) is 10.5. The van der Waals surface area contributed by atoms with Gasteiger partial charge in [-0.25, -0.2) is 4.98 Å². The van der Waals surface area contributed by atoms with Crippen molar-refractivity contribution in [2.24, 2.45) is 5.73 Å². The van der Waals surface area contributed by atoms with Crippen LogP contribution in [-0.4, -0.2) is 46.6 Å². The number of rotatable bonds is 4. The van der Waals surface area contributed by atoms with Crippen LogP contribution in [-0.2, 0) is 15.6 Å². The molecule has 2 atom stereocenters. The monoisotopic (exact) mass is 441 g/mol. The molecular formula is C25H35N3O2S. The van der Waals surface area contributed by atoms with Crippen molar-refractivity contribution in [2.45, 2.75) is 76.2 Å². The molecule has 1 aromatic heterocycles. The first-order chi connectivity index (χ1) is 14.6. The normalized spacial score (nSPS) is 23.3. The maximum Gasteiger partial charge on any atom is 0.241 e. The summed E-state index contributed by atoms with van der Waals surface area (Å²) in [5.74, 6) is 0.0684. The molecule has 5 nitrogen and oxygen atoms in total. The number of carbonyl (C=O) groups excluding carboxylic acids is 1. The van der Waals surface area contributed by atoms with Crippen LogP contribution in [0.15, 0.2) is 23.6 Å². The molecule has 6 heteroatoms. The number of aliphatic hydroxyl groups is 1. The van der Waals surface area contributed by atoms with Gasteiger partial charge in [0.1, 0.15) is 6.04 Å². The number of hydrogen-bond donors (Lipinski definition) is 2. The van der Waals surface area contributed by atoms with E-state index in [1.165, 1.54) is 29.5 Å². The van der Waals surface area contributed by atoms with Crippen LogP contribution in [0.25, 0.3) is 11.3 Å². The summed E-state index contributed by atoms with van der Waals surface area (Å²) >= 11 is 1.69. The molecule has 2 heterocycles. The number of piperidine rings is 1. The van der Waals surface area contributed by atoms with E-state index >= 15 is 0 Å². The van der Waals surface area contributed by atoms with Crippen LogP contribution in [0.3, 0.4) is 0 Å². The number of likely N-dealkylation sites (tertiary alicyclic amines) is 1. The van der Waals surface area contributed by atoms with Crippen LogP contribution in [0.5, 0.6) is 0 Å². The highest BCUT2D eigenvalue weighted by Crippen LogP contribution is 2.47. The highest BCUT2D eigenvalue weighted by Gasteiger charge is 2.37. The van der Waals surface area contributed by atoms with Gasteiger partial charge in [-0.15, -0.1) is 11.3 Å². The number of fused-ring (bicyclic) bond motifs is 1. The van der Waals surface area contributed by atoms with Crippen molar-refractivity contribution >= 4 is 17.2 Å². The minimum atomic E-state index is -0.825. The van der Waals surface area contributed by atoms with Gasteiger partial charge < -0.3 is 15.7 Å². The van der Waals surface area contributed by atoms with Crippen molar-refractivity contribution in [3.8, 4) is 11.3 Å². The molecule has 0 bridgehead atoms. The first kappa shape index (κ1) is 22.4. The average Bonchev–Trinajstić information content (AvgIpc) is 3.26. The van der Waals surface area contributed by atoms with E-state index in [9.17, 15) is 9.90 Å². The Bertz CT molecular complexity index is 965. The van der Waals surface area contributed by atoms with Crippen molar-refractivity contribution in [1.82, 2.24) is 9.88 Å². The zero-order valence-corrected chi connectivity index (χ0v) is 20.0. The largest absolute Gasteiger partial charge is 0.394 e. The van der Waals surface area contributed by atoms with Crippen LogP contribution in [0.4, 0.5) is 0 Å². The number of carbonyl (C=O) groups is 1. The van der Waals surface area contributed by atoms with Crippen molar-refractivity contribution in [1.29, 1.82) is 0 Å². The summed E-state index contributed by atoms with van der Waals surface area (Å²) < 4.78 is 0. The van der Waals surface area contributed by atoms with E-state index in [1.807, 2.05) is 0 Å². The maximum absolute atomic E-state index is 12.4. The molecule has 31 heavy (non-hydrogen) atoms. The maximum atomic E-state index is 12.4. The summed E-state index contributed by atoms with van der Waals surface area (Å²) in [4.78, 5) is 19.2. The number of aliphatic hydroxyl groups excluding tert-OH is 1. The number of hydrogen-bond acceptors (Lipinski definition) is 5. The van der Waals surface area contributed by atoms with Gasteiger partial charge in [0.15, 0.2) is 0 Å². The first-order valence-corrected chi connectivity index (χ1v) is 12.3. The molecule has 0 saturated carbocycles. The summed E-state index contributed by atoms with van der Waals surface area (Å²) in [7, 11) is 0. The Labute approximate surface area is 189 Å². The molecule has 0 spiro atoms. The minimum absolute atomic E-state index is 0.163. The van der Waals surface area contributed by atoms with E-state index in [4.69, 9.17) is 10.7 Å². The van der Waals surface area contributed by atoms with Gasteiger partial charge in [0.25, 0.3) is 0 Å². The van der Waals surface area contributed by atoms with Crippen molar-refractivity contribution in [3.63, 3.8) is 0 Å². The van der Waals surface area contributed by atoms with Gasteiger partial charge in [0.2, 0.25) is 5.91 Å². The molecule has 2 aliphatic rings. The van der Waals surface area contributed by atoms with Gasteiger partial charge in [-0.05, 0) is 53.7 Å². The second-order valence-corrected chi connectivity index (χ2v) is 11.4. The van der Waals surface area contributed by atoms with E-state index in [1.54, 1.807) is 16.2 Å². The fourth-order valence-corrected chi connectivity index (χ4v) is 6.00. The average molecular weight is 442 g/mol. The van der Waals surface area contributed by atoms with Gasteiger partial charge >= 0.3 is 0 Å². The molecule has 1 fully saturated rings.